The van der Waals surface area contributed by atoms with Crippen molar-refractivity contribution in [3.8, 4) is 0 Å². The van der Waals surface area contributed by atoms with Gasteiger partial charge in [0.1, 0.15) is 18.0 Å². The molecular weight excluding hydrogens is 369 g/mol. The van der Waals surface area contributed by atoms with Gasteiger partial charge >= 0.3 is 0 Å². The zero-order valence-electron chi connectivity index (χ0n) is 14.2. The van der Waals surface area contributed by atoms with Gasteiger partial charge in [-0.3, -0.25) is 4.79 Å². The molecule has 1 aliphatic heterocycles. The van der Waals surface area contributed by atoms with Gasteiger partial charge in [-0.15, -0.1) is 0 Å². The Balaban J connectivity index is 1.72. The van der Waals surface area contributed by atoms with E-state index in [1.165, 1.54) is 12.4 Å². The lowest BCUT2D eigenvalue weighted by atomic mass is 9.93. The quantitative estimate of drug-likeness (QED) is 0.642. The van der Waals surface area contributed by atoms with E-state index in [1.54, 1.807) is 24.3 Å². The maximum atomic E-state index is 14.4. The minimum atomic E-state index is -0.552. The number of benzene rings is 2. The second-order valence-corrected chi connectivity index (χ2v) is 6.85. The van der Waals surface area contributed by atoms with E-state index in [2.05, 4.69) is 20.6 Å². The van der Waals surface area contributed by atoms with Crippen LogP contribution >= 0.6 is 11.6 Å². The number of rotatable bonds is 4. The lowest BCUT2D eigenvalue weighted by Gasteiger charge is -2.23. The zero-order chi connectivity index (χ0) is 19.0. The van der Waals surface area contributed by atoms with Gasteiger partial charge in [0.05, 0.1) is 11.1 Å². The first-order valence-electron chi connectivity index (χ1n) is 8.51. The van der Waals surface area contributed by atoms with Crippen LogP contribution in [0.1, 0.15) is 21.8 Å². The molecule has 0 saturated carbocycles. The number of halogens is 2. The zero-order valence-corrected chi connectivity index (χ0v) is 15.0. The second kappa shape index (κ2) is 7.09. The van der Waals surface area contributed by atoms with Gasteiger partial charge in [0, 0.05) is 41.0 Å². The highest BCUT2D eigenvalue weighted by Crippen LogP contribution is 2.33. The Morgan fingerprint density at radius 2 is 2.04 bits per heavy atom. The molecule has 8 heteroatoms. The third-order valence-corrected chi connectivity index (χ3v) is 5.17. The Labute approximate surface area is 159 Å². The molecule has 0 aliphatic carbocycles. The van der Waals surface area contributed by atoms with Crippen LogP contribution in [0.5, 0.6) is 0 Å². The average molecular weight is 386 g/mol. The molecule has 2 atom stereocenters. The first-order valence-corrected chi connectivity index (χ1v) is 8.88. The molecule has 6 nitrogen and oxygen atoms in total. The lowest BCUT2D eigenvalue weighted by Crippen LogP contribution is -2.28. The van der Waals surface area contributed by atoms with Crippen LogP contribution in [-0.2, 0) is 0 Å². The predicted molar refractivity (Wildman–Crippen MR) is 102 cm³/mol. The Bertz CT molecular complexity index is 1010. The average Bonchev–Trinajstić information content (AvgIpc) is 3.09. The largest absolute Gasteiger partial charge is 0.366 e. The van der Waals surface area contributed by atoms with E-state index in [-0.39, 0.29) is 17.8 Å². The molecule has 0 bridgehead atoms. The summed E-state index contributed by atoms with van der Waals surface area (Å²) in [6, 6.07) is 9.74. The van der Waals surface area contributed by atoms with Gasteiger partial charge in [-0.1, -0.05) is 23.7 Å². The van der Waals surface area contributed by atoms with Crippen LogP contribution in [0.15, 0.2) is 42.7 Å². The highest BCUT2D eigenvalue weighted by atomic mass is 35.5. The molecule has 0 unspecified atom stereocenters. The predicted octanol–water partition coefficient (Wildman–Crippen LogP) is 2.69. The molecule has 0 radical (unpaired) electrons. The number of amides is 1. The fourth-order valence-corrected chi connectivity index (χ4v) is 3.88. The van der Waals surface area contributed by atoms with E-state index in [0.717, 1.165) is 0 Å². The van der Waals surface area contributed by atoms with Crippen molar-refractivity contribution < 1.29 is 9.18 Å². The maximum Gasteiger partial charge on any atom is 0.250 e. The molecule has 1 amide bonds. The normalized spacial score (nSPS) is 19.3. The van der Waals surface area contributed by atoms with Crippen LogP contribution in [0.2, 0.25) is 5.02 Å². The van der Waals surface area contributed by atoms with E-state index in [1.807, 2.05) is 6.07 Å². The Hall–Kier alpha value is -2.77. The summed E-state index contributed by atoms with van der Waals surface area (Å²) < 4.78 is 14.4. The van der Waals surface area contributed by atoms with Crippen LogP contribution in [-0.4, -0.2) is 35.0 Å². The molecule has 2 aromatic carbocycles. The number of nitrogens with zero attached hydrogens (tertiary/aromatic N) is 2. The smallest absolute Gasteiger partial charge is 0.250 e. The Kier molecular flexibility index (Phi) is 4.63. The van der Waals surface area contributed by atoms with Crippen LogP contribution in [0.4, 0.5) is 10.2 Å². The van der Waals surface area contributed by atoms with E-state index < -0.39 is 5.91 Å². The fraction of sp³-hybridized carbons (Fsp3) is 0.211. The van der Waals surface area contributed by atoms with Crippen molar-refractivity contribution in [2.45, 2.75) is 12.0 Å². The van der Waals surface area contributed by atoms with Crippen LogP contribution in [0.25, 0.3) is 10.9 Å². The summed E-state index contributed by atoms with van der Waals surface area (Å²) >= 11 is 6.26. The molecule has 1 aliphatic rings. The van der Waals surface area contributed by atoms with Gasteiger partial charge in [0.2, 0.25) is 0 Å². The van der Waals surface area contributed by atoms with E-state index in [4.69, 9.17) is 17.3 Å². The summed E-state index contributed by atoms with van der Waals surface area (Å²) in [5.74, 6) is -0.479. The maximum absolute atomic E-state index is 14.4. The molecule has 4 rings (SSSR count). The molecule has 1 saturated heterocycles. The number of hydrogen-bond acceptors (Lipinski definition) is 5. The highest BCUT2D eigenvalue weighted by Gasteiger charge is 2.32. The van der Waals surface area contributed by atoms with Gasteiger partial charge in [0.15, 0.2) is 0 Å². The number of hydrogen-bond donors (Lipinski definition) is 3. The SMILES string of the molecule is NC(=O)c1cccc2c(N[C@H]3CNC[C@@H]3c3c(F)cccc3Cl)ncnc12. The van der Waals surface area contributed by atoms with Crippen molar-refractivity contribution in [3.63, 3.8) is 0 Å². The van der Waals surface area contributed by atoms with Crippen molar-refractivity contribution in [2.24, 2.45) is 5.73 Å². The van der Waals surface area contributed by atoms with E-state index >= 15 is 0 Å². The molecule has 1 fully saturated rings. The van der Waals surface area contributed by atoms with Gasteiger partial charge < -0.3 is 16.4 Å². The second-order valence-electron chi connectivity index (χ2n) is 6.44. The van der Waals surface area contributed by atoms with Crippen molar-refractivity contribution in [1.82, 2.24) is 15.3 Å². The molecule has 138 valence electrons. The molecule has 2 heterocycles. The number of nitrogens with one attached hydrogen (secondary N) is 2. The molecule has 4 N–H and O–H groups in total. The lowest BCUT2D eigenvalue weighted by molar-refractivity contribution is 0.100. The van der Waals surface area contributed by atoms with Crippen molar-refractivity contribution >= 4 is 34.2 Å². The van der Waals surface area contributed by atoms with E-state index in [0.29, 0.717) is 46.0 Å². The topological polar surface area (TPSA) is 92.9 Å². The number of fused-ring (bicyclic) bond motifs is 1. The summed E-state index contributed by atoms with van der Waals surface area (Å²) in [4.78, 5) is 20.2. The van der Waals surface area contributed by atoms with Gasteiger partial charge in [-0.05, 0) is 24.3 Å². The van der Waals surface area contributed by atoms with Crippen LogP contribution in [0, 0.1) is 5.82 Å². The minimum Gasteiger partial charge on any atom is -0.366 e. The summed E-state index contributed by atoms with van der Waals surface area (Å²) in [7, 11) is 0. The van der Waals surface area contributed by atoms with Crippen molar-refractivity contribution in [1.29, 1.82) is 0 Å². The number of primary amides is 1. The van der Waals surface area contributed by atoms with Gasteiger partial charge in [0.25, 0.3) is 5.91 Å². The third kappa shape index (κ3) is 3.20. The number of para-hydroxylation sites is 1. The molecule has 3 aromatic rings. The number of carbonyl (C=O) groups is 1. The summed E-state index contributed by atoms with van der Waals surface area (Å²) in [5.41, 5.74) is 6.73. The molecule has 0 spiro atoms. The minimum absolute atomic E-state index is 0.130. The number of aromatic nitrogens is 2. The third-order valence-electron chi connectivity index (χ3n) is 4.84. The van der Waals surface area contributed by atoms with Gasteiger partial charge in [-0.25, -0.2) is 14.4 Å². The molecule has 27 heavy (non-hydrogen) atoms. The molecule has 1 aromatic heterocycles. The van der Waals surface area contributed by atoms with Crippen molar-refractivity contribution in [3.05, 3.63) is 64.7 Å². The van der Waals surface area contributed by atoms with Crippen LogP contribution < -0.4 is 16.4 Å². The summed E-state index contributed by atoms with van der Waals surface area (Å²) in [5, 5.41) is 7.71. The fourth-order valence-electron chi connectivity index (χ4n) is 3.58. The standard InChI is InChI=1S/C19H17ClFN5O/c20-13-5-2-6-14(21)16(13)12-7-23-8-15(12)26-19-11-4-1-3-10(18(22)27)17(11)24-9-25-19/h1-6,9,12,15,23H,7-8H2,(H2,22,27)(H,24,25,26)/t12-,15-/m0/s1. The number of carbonyl (C=O) groups excluding carboxylic acids is 1. The first kappa shape index (κ1) is 17.6. The van der Waals surface area contributed by atoms with E-state index in [9.17, 15) is 9.18 Å². The van der Waals surface area contributed by atoms with Crippen LogP contribution in [0.3, 0.4) is 0 Å². The Morgan fingerprint density at radius 3 is 2.81 bits per heavy atom. The monoisotopic (exact) mass is 385 g/mol. The number of anilines is 1. The summed E-state index contributed by atoms with van der Waals surface area (Å²) in [6.07, 6.45) is 1.38. The highest BCUT2D eigenvalue weighted by molar-refractivity contribution is 6.31. The number of nitrogens with two attached hydrogens (primary N) is 1. The van der Waals surface area contributed by atoms with Gasteiger partial charge in [-0.2, -0.15) is 0 Å². The first-order chi connectivity index (χ1) is 13.1. The molecular formula is C19H17ClFN5O. The van der Waals surface area contributed by atoms with Crippen molar-refractivity contribution in [2.75, 3.05) is 18.4 Å². The Morgan fingerprint density at radius 1 is 1.22 bits per heavy atom. The summed E-state index contributed by atoms with van der Waals surface area (Å²) in [6.45, 7) is 1.21.